The maximum absolute atomic E-state index is 10.5. The Bertz CT molecular complexity index is 546. The van der Waals surface area contributed by atoms with E-state index in [0.29, 0.717) is 12.6 Å². The van der Waals surface area contributed by atoms with E-state index in [1.807, 2.05) is 0 Å². The Hall–Kier alpha value is -1.02. The number of aliphatic hydroxyl groups is 1. The fraction of sp³-hybridized carbons (Fsp3) is 0.632. The molecule has 25 heavy (non-hydrogen) atoms. The van der Waals surface area contributed by atoms with Gasteiger partial charge in [0.25, 0.3) is 0 Å². The molecule has 1 aliphatic heterocycles. The highest BCUT2D eigenvalue weighted by atomic mass is 127. The maximum Gasteiger partial charge on any atom is 0.191 e. The number of nitrogens with one attached hydrogen (secondary N) is 2. The fourth-order valence-corrected chi connectivity index (χ4v) is 3.68. The maximum atomic E-state index is 10.5. The summed E-state index contributed by atoms with van der Waals surface area (Å²) in [6.07, 6.45) is 5.08. The number of aliphatic imine (C=N–C) groups is 1. The van der Waals surface area contributed by atoms with E-state index in [9.17, 15) is 5.11 Å². The van der Waals surface area contributed by atoms with Gasteiger partial charge in [0.05, 0.1) is 12.1 Å². The van der Waals surface area contributed by atoms with Crippen molar-refractivity contribution in [2.45, 2.75) is 50.7 Å². The molecule has 1 saturated heterocycles. The summed E-state index contributed by atoms with van der Waals surface area (Å²) in [5.41, 5.74) is 0.692. The van der Waals surface area contributed by atoms with E-state index in [1.165, 1.54) is 5.69 Å². The van der Waals surface area contributed by atoms with Gasteiger partial charge in [-0.1, -0.05) is 31.0 Å². The van der Waals surface area contributed by atoms with Crippen LogP contribution in [0.3, 0.4) is 0 Å². The lowest BCUT2D eigenvalue weighted by atomic mass is 10.0. The average Bonchev–Trinajstić information content (AvgIpc) is 3.24. The van der Waals surface area contributed by atoms with Gasteiger partial charge >= 0.3 is 0 Å². The van der Waals surface area contributed by atoms with Crippen molar-refractivity contribution in [2.24, 2.45) is 4.99 Å². The molecule has 140 valence electrons. The molecular formula is C19H31IN4O. The van der Waals surface area contributed by atoms with Crippen molar-refractivity contribution in [3.63, 3.8) is 0 Å². The van der Waals surface area contributed by atoms with Gasteiger partial charge in [0, 0.05) is 31.4 Å². The van der Waals surface area contributed by atoms with E-state index in [1.54, 1.807) is 0 Å². The van der Waals surface area contributed by atoms with Crippen LogP contribution in [0.1, 0.15) is 39.0 Å². The number of halogens is 1. The van der Waals surface area contributed by atoms with Crippen LogP contribution in [0.4, 0.5) is 5.69 Å². The third-order valence-electron chi connectivity index (χ3n) is 5.06. The van der Waals surface area contributed by atoms with E-state index in [-0.39, 0.29) is 24.0 Å². The zero-order valence-electron chi connectivity index (χ0n) is 15.1. The lowest BCUT2D eigenvalue weighted by Crippen LogP contribution is -2.45. The smallest absolute Gasteiger partial charge is 0.191 e. The number of para-hydroxylation sites is 1. The van der Waals surface area contributed by atoms with Crippen molar-refractivity contribution < 1.29 is 5.11 Å². The molecule has 3 rings (SSSR count). The molecule has 1 aromatic rings. The monoisotopic (exact) mass is 458 g/mol. The van der Waals surface area contributed by atoms with Crippen LogP contribution in [0.2, 0.25) is 0 Å². The lowest BCUT2D eigenvalue weighted by Gasteiger charge is -2.22. The first-order chi connectivity index (χ1) is 11.7. The van der Waals surface area contributed by atoms with E-state index in [4.69, 9.17) is 0 Å². The Morgan fingerprint density at radius 3 is 2.68 bits per heavy atom. The molecule has 3 N–H and O–H groups in total. The van der Waals surface area contributed by atoms with Crippen LogP contribution in [-0.2, 0) is 0 Å². The number of guanidine groups is 1. The minimum absolute atomic E-state index is 0. The van der Waals surface area contributed by atoms with Crippen molar-refractivity contribution in [2.75, 3.05) is 31.1 Å². The molecule has 0 spiro atoms. The predicted octanol–water partition coefficient (Wildman–Crippen LogP) is 2.74. The summed E-state index contributed by atoms with van der Waals surface area (Å²) < 4.78 is 0. The molecule has 1 atom stereocenters. The minimum Gasteiger partial charge on any atom is -0.388 e. The minimum atomic E-state index is -0.589. The molecular weight excluding hydrogens is 427 g/mol. The van der Waals surface area contributed by atoms with Gasteiger partial charge in [-0.15, -0.1) is 24.0 Å². The van der Waals surface area contributed by atoms with Gasteiger partial charge in [-0.25, -0.2) is 0 Å². The Labute approximate surface area is 168 Å². The highest BCUT2D eigenvalue weighted by Gasteiger charge is 2.31. The van der Waals surface area contributed by atoms with Crippen LogP contribution in [0.5, 0.6) is 0 Å². The van der Waals surface area contributed by atoms with Crippen molar-refractivity contribution in [3.05, 3.63) is 30.3 Å². The molecule has 1 saturated carbocycles. The highest BCUT2D eigenvalue weighted by Crippen LogP contribution is 2.29. The van der Waals surface area contributed by atoms with Gasteiger partial charge in [0.15, 0.2) is 5.96 Å². The van der Waals surface area contributed by atoms with Gasteiger partial charge in [0.1, 0.15) is 0 Å². The molecule has 0 aromatic heterocycles. The summed E-state index contributed by atoms with van der Waals surface area (Å²) >= 11 is 0. The summed E-state index contributed by atoms with van der Waals surface area (Å²) in [5.74, 6) is 0.831. The molecule has 2 fully saturated rings. The van der Waals surface area contributed by atoms with Crippen molar-refractivity contribution in [1.29, 1.82) is 0 Å². The van der Waals surface area contributed by atoms with E-state index < -0.39 is 5.60 Å². The summed E-state index contributed by atoms with van der Waals surface area (Å²) in [5, 5.41) is 17.3. The quantitative estimate of drug-likeness (QED) is 0.361. The number of rotatable bonds is 5. The molecule has 5 nitrogen and oxygen atoms in total. The molecule has 1 heterocycles. The van der Waals surface area contributed by atoms with Gasteiger partial charge in [-0.3, -0.25) is 4.99 Å². The topological polar surface area (TPSA) is 59.9 Å². The standard InChI is InChI=1S/C19H30N4O.HI/c1-2-20-18(21-15-19(24)11-6-7-12-19)22-16-10-13-23(14-16)17-8-4-3-5-9-17;/h3-5,8-9,16,24H,2,6-7,10-15H2,1H3,(H2,20,21,22);1H. The molecule has 6 heteroatoms. The Morgan fingerprint density at radius 1 is 1.28 bits per heavy atom. The van der Waals surface area contributed by atoms with E-state index in [2.05, 4.69) is 57.8 Å². The average molecular weight is 458 g/mol. The summed E-state index contributed by atoms with van der Waals surface area (Å²) in [4.78, 5) is 7.06. The van der Waals surface area contributed by atoms with Gasteiger partial charge in [-0.2, -0.15) is 0 Å². The molecule has 2 aliphatic rings. The summed E-state index contributed by atoms with van der Waals surface area (Å²) in [7, 11) is 0. The van der Waals surface area contributed by atoms with Gasteiger partial charge in [-0.05, 0) is 38.3 Å². The fourth-order valence-electron chi connectivity index (χ4n) is 3.68. The molecule has 1 aliphatic carbocycles. The molecule has 1 unspecified atom stereocenters. The first kappa shape index (κ1) is 20.3. The van der Waals surface area contributed by atoms with Crippen molar-refractivity contribution in [3.8, 4) is 0 Å². The number of hydrogen-bond acceptors (Lipinski definition) is 3. The van der Waals surface area contributed by atoms with Gasteiger partial charge < -0.3 is 20.6 Å². The molecule has 0 amide bonds. The second kappa shape index (κ2) is 9.62. The van der Waals surface area contributed by atoms with E-state index in [0.717, 1.165) is 57.7 Å². The second-order valence-corrected chi connectivity index (χ2v) is 7.04. The van der Waals surface area contributed by atoms with Crippen LogP contribution in [0, 0.1) is 0 Å². The van der Waals surface area contributed by atoms with Crippen LogP contribution < -0.4 is 15.5 Å². The zero-order chi connectivity index (χ0) is 16.8. The number of benzene rings is 1. The Kier molecular flexibility index (Phi) is 7.81. The van der Waals surface area contributed by atoms with Gasteiger partial charge in [0.2, 0.25) is 0 Å². The normalized spacial score (nSPS) is 22.6. The zero-order valence-corrected chi connectivity index (χ0v) is 17.4. The van der Waals surface area contributed by atoms with Crippen LogP contribution in [-0.4, -0.2) is 48.9 Å². The molecule has 0 bridgehead atoms. The van der Waals surface area contributed by atoms with Crippen LogP contribution >= 0.6 is 24.0 Å². The lowest BCUT2D eigenvalue weighted by molar-refractivity contribution is 0.0574. The van der Waals surface area contributed by atoms with Crippen LogP contribution in [0.15, 0.2) is 35.3 Å². The number of nitrogens with zero attached hydrogens (tertiary/aromatic N) is 2. The largest absolute Gasteiger partial charge is 0.388 e. The Morgan fingerprint density at radius 2 is 2.00 bits per heavy atom. The molecule has 0 radical (unpaired) electrons. The number of hydrogen-bond donors (Lipinski definition) is 3. The summed E-state index contributed by atoms with van der Waals surface area (Å²) in [6, 6.07) is 10.9. The first-order valence-electron chi connectivity index (χ1n) is 9.26. The predicted molar refractivity (Wildman–Crippen MR) is 115 cm³/mol. The summed E-state index contributed by atoms with van der Waals surface area (Å²) in [6.45, 7) is 5.45. The third-order valence-corrected chi connectivity index (χ3v) is 5.06. The second-order valence-electron chi connectivity index (χ2n) is 7.04. The van der Waals surface area contributed by atoms with Crippen LogP contribution in [0.25, 0.3) is 0 Å². The first-order valence-corrected chi connectivity index (χ1v) is 9.26. The molecule has 1 aromatic carbocycles. The third kappa shape index (κ3) is 5.74. The SMILES string of the molecule is CCNC(=NCC1(O)CCCC1)NC1CCN(c2ccccc2)C1.I. The van der Waals surface area contributed by atoms with E-state index >= 15 is 0 Å². The number of anilines is 1. The highest BCUT2D eigenvalue weighted by molar-refractivity contribution is 14.0. The van der Waals surface area contributed by atoms with Crippen molar-refractivity contribution in [1.82, 2.24) is 10.6 Å². The Balaban J connectivity index is 0.00000225. The van der Waals surface area contributed by atoms with Crippen molar-refractivity contribution >= 4 is 35.6 Å².